The van der Waals surface area contributed by atoms with Crippen LogP contribution >= 0.6 is 12.2 Å². The topological polar surface area (TPSA) is 68.9 Å². The first-order chi connectivity index (χ1) is 13.0. The van der Waals surface area contributed by atoms with Crippen molar-refractivity contribution < 1.29 is 9.13 Å². The van der Waals surface area contributed by atoms with Gasteiger partial charge in [-0.1, -0.05) is 12.1 Å². The van der Waals surface area contributed by atoms with E-state index < -0.39 is 0 Å². The number of hydrogen-bond acceptors (Lipinski definition) is 4. The van der Waals surface area contributed by atoms with Gasteiger partial charge in [-0.15, -0.1) is 0 Å². The Balaban J connectivity index is 1.68. The van der Waals surface area contributed by atoms with Crippen molar-refractivity contribution in [2.75, 3.05) is 17.7 Å². The molecule has 2 N–H and O–H groups in total. The number of nitrogens with zero attached hydrogens (tertiary/aromatic N) is 4. The van der Waals surface area contributed by atoms with Crippen LogP contribution in [0, 0.1) is 19.7 Å². The van der Waals surface area contributed by atoms with E-state index >= 15 is 0 Å². The number of benzene rings is 1. The van der Waals surface area contributed by atoms with Gasteiger partial charge in [0.15, 0.2) is 5.11 Å². The van der Waals surface area contributed by atoms with Gasteiger partial charge in [0.05, 0.1) is 41.7 Å². The molecule has 1 aromatic carbocycles. The average molecular weight is 388 g/mol. The SMILES string of the molecule is COCn1cc(NC(=S)Nc2c(C)nn(Cc3ccc(F)cc3)c2C)cn1. The molecule has 27 heavy (non-hydrogen) atoms. The van der Waals surface area contributed by atoms with Crippen molar-refractivity contribution in [1.82, 2.24) is 19.6 Å². The first-order valence-electron chi connectivity index (χ1n) is 8.34. The second kappa shape index (κ2) is 8.28. The minimum Gasteiger partial charge on any atom is -0.362 e. The molecule has 0 aliphatic rings. The lowest BCUT2D eigenvalue weighted by Crippen LogP contribution is -2.19. The summed E-state index contributed by atoms with van der Waals surface area (Å²) in [6.45, 7) is 4.80. The van der Waals surface area contributed by atoms with E-state index in [2.05, 4.69) is 20.8 Å². The highest BCUT2D eigenvalue weighted by Gasteiger charge is 2.13. The Bertz CT molecular complexity index is 934. The number of halogens is 1. The molecule has 3 aromatic rings. The van der Waals surface area contributed by atoms with Gasteiger partial charge in [0.25, 0.3) is 0 Å². The summed E-state index contributed by atoms with van der Waals surface area (Å²) in [5, 5.41) is 15.4. The molecule has 2 aromatic heterocycles. The maximum absolute atomic E-state index is 13.1. The molecule has 142 valence electrons. The molecule has 0 aliphatic heterocycles. The second-order valence-corrected chi connectivity index (χ2v) is 6.50. The fraction of sp³-hybridized carbons (Fsp3) is 0.278. The van der Waals surface area contributed by atoms with Gasteiger partial charge in [-0.05, 0) is 43.8 Å². The second-order valence-electron chi connectivity index (χ2n) is 6.10. The number of aromatic nitrogens is 4. The summed E-state index contributed by atoms with van der Waals surface area (Å²) >= 11 is 5.40. The molecule has 7 nitrogen and oxygen atoms in total. The Labute approximate surface area is 162 Å². The van der Waals surface area contributed by atoms with Gasteiger partial charge in [0, 0.05) is 7.11 Å². The third-order valence-corrected chi connectivity index (χ3v) is 4.22. The lowest BCUT2D eigenvalue weighted by molar-refractivity contribution is 0.120. The van der Waals surface area contributed by atoms with Gasteiger partial charge in [0.1, 0.15) is 12.5 Å². The highest BCUT2D eigenvalue weighted by Crippen LogP contribution is 2.21. The normalized spacial score (nSPS) is 10.8. The van der Waals surface area contributed by atoms with Crippen molar-refractivity contribution in [3.05, 3.63) is 59.4 Å². The number of rotatable bonds is 6. The minimum absolute atomic E-state index is 0.250. The molecule has 0 radical (unpaired) electrons. The average Bonchev–Trinajstić information content (AvgIpc) is 3.17. The van der Waals surface area contributed by atoms with Crippen LogP contribution in [-0.4, -0.2) is 31.8 Å². The smallest absolute Gasteiger partial charge is 0.175 e. The third kappa shape index (κ3) is 4.69. The van der Waals surface area contributed by atoms with Crippen LogP contribution in [0.3, 0.4) is 0 Å². The van der Waals surface area contributed by atoms with E-state index in [-0.39, 0.29) is 5.82 Å². The molecule has 0 spiro atoms. The number of aryl methyl sites for hydroxylation is 1. The molecule has 9 heteroatoms. The zero-order chi connectivity index (χ0) is 19.4. The van der Waals surface area contributed by atoms with E-state index in [0.717, 1.165) is 28.3 Å². The molecular weight excluding hydrogens is 367 g/mol. The lowest BCUT2D eigenvalue weighted by Gasteiger charge is -2.10. The van der Waals surface area contributed by atoms with Crippen LogP contribution < -0.4 is 10.6 Å². The van der Waals surface area contributed by atoms with Gasteiger partial charge < -0.3 is 15.4 Å². The van der Waals surface area contributed by atoms with Gasteiger partial charge in [-0.3, -0.25) is 4.68 Å². The maximum atomic E-state index is 13.1. The Morgan fingerprint density at radius 3 is 2.67 bits per heavy atom. The first kappa shape index (κ1) is 19.0. The van der Waals surface area contributed by atoms with Crippen LogP contribution in [0.5, 0.6) is 0 Å². The maximum Gasteiger partial charge on any atom is 0.175 e. The Kier molecular flexibility index (Phi) is 5.82. The van der Waals surface area contributed by atoms with Crippen molar-refractivity contribution in [2.45, 2.75) is 27.1 Å². The van der Waals surface area contributed by atoms with Crippen molar-refractivity contribution in [3.63, 3.8) is 0 Å². The standard InChI is InChI=1S/C18H21FN6OS/c1-12-17(22-18(27)21-16-8-20-24(10-16)11-26-3)13(2)25(23-12)9-14-4-6-15(19)7-5-14/h4-8,10H,9,11H2,1-3H3,(H2,21,22,27). The van der Waals surface area contributed by atoms with Crippen LogP contribution in [0.25, 0.3) is 0 Å². The number of hydrogen-bond donors (Lipinski definition) is 2. The lowest BCUT2D eigenvalue weighted by atomic mass is 10.2. The zero-order valence-electron chi connectivity index (χ0n) is 15.4. The Hall–Kier alpha value is -2.78. The van der Waals surface area contributed by atoms with Crippen LogP contribution in [0.15, 0.2) is 36.7 Å². The molecule has 0 aliphatic carbocycles. The minimum atomic E-state index is -0.250. The fourth-order valence-electron chi connectivity index (χ4n) is 2.70. The van der Waals surface area contributed by atoms with Crippen molar-refractivity contribution >= 4 is 28.7 Å². The molecule has 0 saturated carbocycles. The molecule has 0 saturated heterocycles. The fourth-order valence-corrected chi connectivity index (χ4v) is 2.92. The van der Waals surface area contributed by atoms with Crippen molar-refractivity contribution in [3.8, 4) is 0 Å². The van der Waals surface area contributed by atoms with Crippen molar-refractivity contribution in [2.24, 2.45) is 0 Å². The van der Waals surface area contributed by atoms with E-state index in [0.29, 0.717) is 18.4 Å². The summed E-state index contributed by atoms with van der Waals surface area (Å²) in [6.07, 6.45) is 3.47. The Morgan fingerprint density at radius 1 is 1.22 bits per heavy atom. The molecule has 0 bridgehead atoms. The van der Waals surface area contributed by atoms with Crippen LogP contribution in [0.1, 0.15) is 17.0 Å². The van der Waals surface area contributed by atoms with E-state index in [4.69, 9.17) is 17.0 Å². The molecule has 0 atom stereocenters. The van der Waals surface area contributed by atoms with E-state index in [9.17, 15) is 4.39 Å². The monoisotopic (exact) mass is 388 g/mol. The van der Waals surface area contributed by atoms with Crippen molar-refractivity contribution in [1.29, 1.82) is 0 Å². The summed E-state index contributed by atoms with van der Waals surface area (Å²) in [5.41, 5.74) is 4.35. The van der Waals surface area contributed by atoms with Gasteiger partial charge >= 0.3 is 0 Å². The number of nitrogens with one attached hydrogen (secondary N) is 2. The summed E-state index contributed by atoms with van der Waals surface area (Å²) in [5.74, 6) is -0.250. The zero-order valence-corrected chi connectivity index (χ0v) is 16.2. The number of methoxy groups -OCH3 is 1. The summed E-state index contributed by atoms with van der Waals surface area (Å²) in [7, 11) is 1.61. The highest BCUT2D eigenvalue weighted by molar-refractivity contribution is 7.80. The summed E-state index contributed by atoms with van der Waals surface area (Å²) < 4.78 is 21.6. The summed E-state index contributed by atoms with van der Waals surface area (Å²) in [4.78, 5) is 0. The van der Waals surface area contributed by atoms with E-state index in [1.807, 2.05) is 18.5 Å². The number of ether oxygens (including phenoxy) is 1. The van der Waals surface area contributed by atoms with E-state index in [1.165, 1.54) is 12.1 Å². The number of thiocarbonyl (C=S) groups is 1. The van der Waals surface area contributed by atoms with Gasteiger partial charge in [-0.2, -0.15) is 10.2 Å². The third-order valence-electron chi connectivity index (χ3n) is 4.02. The Morgan fingerprint density at radius 2 is 1.96 bits per heavy atom. The molecule has 2 heterocycles. The quantitative estimate of drug-likeness (QED) is 0.632. The summed E-state index contributed by atoms with van der Waals surface area (Å²) in [6, 6.07) is 6.40. The first-order valence-corrected chi connectivity index (χ1v) is 8.75. The number of anilines is 2. The highest BCUT2D eigenvalue weighted by atomic mass is 32.1. The molecule has 0 fully saturated rings. The van der Waals surface area contributed by atoms with Crippen LogP contribution in [-0.2, 0) is 18.0 Å². The molecule has 0 amide bonds. The largest absolute Gasteiger partial charge is 0.362 e. The van der Waals surface area contributed by atoms with Gasteiger partial charge in [0.2, 0.25) is 0 Å². The predicted molar refractivity (Wildman–Crippen MR) is 106 cm³/mol. The molecular formula is C18H21FN6OS. The molecule has 0 unspecified atom stereocenters. The van der Waals surface area contributed by atoms with E-state index in [1.54, 1.807) is 36.3 Å². The van der Waals surface area contributed by atoms with Crippen LogP contribution in [0.4, 0.5) is 15.8 Å². The van der Waals surface area contributed by atoms with Crippen LogP contribution in [0.2, 0.25) is 0 Å². The predicted octanol–water partition coefficient (Wildman–Crippen LogP) is 3.30. The van der Waals surface area contributed by atoms with Gasteiger partial charge in [-0.25, -0.2) is 9.07 Å². The molecule has 3 rings (SSSR count).